The first-order valence-corrected chi connectivity index (χ1v) is 6.27. The summed E-state index contributed by atoms with van der Waals surface area (Å²) in [6, 6.07) is 1.82. The molecule has 2 heterocycles. The van der Waals surface area contributed by atoms with E-state index in [0.29, 0.717) is 12.2 Å². The Labute approximate surface area is 108 Å². The molecule has 0 saturated heterocycles. The summed E-state index contributed by atoms with van der Waals surface area (Å²) in [6.07, 6.45) is 1.75. The van der Waals surface area contributed by atoms with Crippen LogP contribution in [0.2, 0.25) is 0 Å². The molecule has 0 aromatic carbocycles. The highest BCUT2D eigenvalue weighted by atomic mass is 16.3. The third kappa shape index (κ3) is 3.27. The third-order valence-corrected chi connectivity index (χ3v) is 2.75. The predicted molar refractivity (Wildman–Crippen MR) is 70.2 cm³/mol. The lowest BCUT2D eigenvalue weighted by molar-refractivity contribution is 0.0958. The van der Waals surface area contributed by atoms with E-state index < -0.39 is 0 Å². The van der Waals surface area contributed by atoms with Crippen LogP contribution in [0.25, 0.3) is 0 Å². The van der Waals surface area contributed by atoms with Crippen LogP contribution < -0.4 is 5.32 Å². The highest BCUT2D eigenvalue weighted by Crippen LogP contribution is 2.21. The van der Waals surface area contributed by atoms with Gasteiger partial charge in [0.05, 0.1) is 6.61 Å². The summed E-state index contributed by atoms with van der Waals surface area (Å²) in [5.74, 6) is -0.164. The molecule has 0 radical (unpaired) electrons. The van der Waals surface area contributed by atoms with Gasteiger partial charge in [-0.1, -0.05) is 13.8 Å². The minimum absolute atomic E-state index is 0.156. The third-order valence-electron chi connectivity index (χ3n) is 2.75. The lowest BCUT2D eigenvalue weighted by Crippen LogP contribution is -2.20. The molecule has 0 bridgehead atoms. The highest BCUT2D eigenvalue weighted by molar-refractivity contribution is 5.92. The maximum Gasteiger partial charge on any atom is 0.269 e. The lowest BCUT2D eigenvalue weighted by Gasteiger charge is -2.11. The molecule has 1 aliphatic heterocycles. The summed E-state index contributed by atoms with van der Waals surface area (Å²) < 4.78 is 0. The van der Waals surface area contributed by atoms with E-state index in [1.54, 1.807) is 13.2 Å². The number of rotatable bonds is 3. The van der Waals surface area contributed by atoms with E-state index in [1.165, 1.54) is 0 Å². The first kappa shape index (κ1) is 14.6. The van der Waals surface area contributed by atoms with Crippen LogP contribution in [0.1, 0.15) is 35.5 Å². The Morgan fingerprint density at radius 2 is 2.11 bits per heavy atom. The van der Waals surface area contributed by atoms with E-state index in [1.807, 2.05) is 19.9 Å². The van der Waals surface area contributed by atoms with Gasteiger partial charge >= 0.3 is 0 Å². The van der Waals surface area contributed by atoms with Gasteiger partial charge in [-0.3, -0.25) is 14.7 Å². The number of amides is 1. The molecule has 0 spiro atoms. The van der Waals surface area contributed by atoms with Crippen molar-refractivity contribution in [3.8, 4) is 0 Å². The van der Waals surface area contributed by atoms with Gasteiger partial charge in [0, 0.05) is 32.9 Å². The molecular weight excluding hydrogens is 230 g/mol. The van der Waals surface area contributed by atoms with Crippen molar-refractivity contribution >= 4 is 5.91 Å². The molecule has 100 valence electrons. The second-order valence-electron chi connectivity index (χ2n) is 3.85. The van der Waals surface area contributed by atoms with Crippen molar-refractivity contribution in [1.82, 2.24) is 15.2 Å². The van der Waals surface area contributed by atoms with Gasteiger partial charge in [-0.2, -0.15) is 0 Å². The number of carbonyl (C=O) groups excluding carboxylic acids is 1. The quantitative estimate of drug-likeness (QED) is 0.833. The summed E-state index contributed by atoms with van der Waals surface area (Å²) in [6.45, 7) is 6.40. The molecule has 0 fully saturated rings. The Balaban J connectivity index is 0.000000771. The van der Waals surface area contributed by atoms with Gasteiger partial charge in [-0.15, -0.1) is 0 Å². The average molecular weight is 251 g/mol. The van der Waals surface area contributed by atoms with Crippen LogP contribution in [0.15, 0.2) is 12.3 Å². The van der Waals surface area contributed by atoms with Gasteiger partial charge in [-0.25, -0.2) is 0 Å². The molecule has 2 N–H and O–H groups in total. The maximum atomic E-state index is 11.4. The van der Waals surface area contributed by atoms with Crippen LogP contribution in [0.5, 0.6) is 0 Å². The fourth-order valence-corrected chi connectivity index (χ4v) is 1.90. The Bertz CT molecular complexity index is 407. The number of aromatic nitrogens is 1. The summed E-state index contributed by atoms with van der Waals surface area (Å²) in [7, 11) is 1.59. The fraction of sp³-hybridized carbons (Fsp3) is 0.538. The molecule has 0 saturated carbocycles. The van der Waals surface area contributed by atoms with E-state index >= 15 is 0 Å². The van der Waals surface area contributed by atoms with Crippen LogP contribution in [0.3, 0.4) is 0 Å². The van der Waals surface area contributed by atoms with Gasteiger partial charge < -0.3 is 10.4 Å². The largest absolute Gasteiger partial charge is 0.395 e. The van der Waals surface area contributed by atoms with Gasteiger partial charge in [0.15, 0.2) is 0 Å². The van der Waals surface area contributed by atoms with E-state index in [-0.39, 0.29) is 12.5 Å². The zero-order chi connectivity index (χ0) is 13.5. The van der Waals surface area contributed by atoms with Crippen LogP contribution in [-0.4, -0.2) is 41.1 Å². The van der Waals surface area contributed by atoms with Gasteiger partial charge in [-0.05, 0) is 17.2 Å². The monoisotopic (exact) mass is 251 g/mol. The second-order valence-corrected chi connectivity index (χ2v) is 3.85. The van der Waals surface area contributed by atoms with Crippen molar-refractivity contribution < 1.29 is 9.90 Å². The molecule has 1 aliphatic rings. The topological polar surface area (TPSA) is 65.5 Å². The van der Waals surface area contributed by atoms with Crippen LogP contribution in [0.4, 0.5) is 0 Å². The first-order chi connectivity index (χ1) is 8.74. The van der Waals surface area contributed by atoms with Gasteiger partial charge in [0.2, 0.25) is 0 Å². The number of carbonyl (C=O) groups is 1. The van der Waals surface area contributed by atoms with Gasteiger partial charge in [0.25, 0.3) is 5.91 Å². The minimum atomic E-state index is -0.164. The molecule has 1 amide bonds. The van der Waals surface area contributed by atoms with Crippen molar-refractivity contribution in [2.24, 2.45) is 0 Å². The number of hydrogen-bond acceptors (Lipinski definition) is 4. The zero-order valence-electron chi connectivity index (χ0n) is 11.2. The molecule has 2 rings (SSSR count). The van der Waals surface area contributed by atoms with Crippen LogP contribution in [-0.2, 0) is 13.1 Å². The highest BCUT2D eigenvalue weighted by Gasteiger charge is 2.20. The standard InChI is InChI=1S/C11H15N3O2.C2H6/c1-12-11(16)10-4-8-6-14(2-3-15)7-9(8)5-13-10;1-2/h4-5,15H,2-3,6-7H2,1H3,(H,12,16);1-2H3. The Morgan fingerprint density at radius 1 is 1.44 bits per heavy atom. The molecular formula is C13H21N3O2. The second kappa shape index (κ2) is 7.08. The normalized spacial score (nSPS) is 13.6. The molecule has 1 aromatic rings. The maximum absolute atomic E-state index is 11.4. The van der Waals surface area contributed by atoms with Crippen molar-refractivity contribution in [1.29, 1.82) is 0 Å². The van der Waals surface area contributed by atoms with Crippen LogP contribution in [0, 0.1) is 0 Å². The van der Waals surface area contributed by atoms with Gasteiger partial charge in [0.1, 0.15) is 5.69 Å². The lowest BCUT2D eigenvalue weighted by atomic mass is 10.1. The Morgan fingerprint density at radius 3 is 2.72 bits per heavy atom. The van der Waals surface area contributed by atoms with Crippen molar-refractivity contribution in [3.05, 3.63) is 29.1 Å². The molecule has 1 aromatic heterocycles. The molecule has 0 aliphatic carbocycles. The number of β-amino-alcohol motifs (C(OH)–C–C–N with tert-alkyl or cyclic N) is 1. The predicted octanol–water partition coefficient (Wildman–Crippen LogP) is 0.775. The number of aliphatic hydroxyl groups excluding tert-OH is 1. The molecule has 0 atom stereocenters. The summed E-state index contributed by atoms with van der Waals surface area (Å²) in [4.78, 5) is 17.6. The zero-order valence-corrected chi connectivity index (χ0v) is 11.2. The number of pyridine rings is 1. The minimum Gasteiger partial charge on any atom is -0.395 e. The van der Waals surface area contributed by atoms with Crippen molar-refractivity contribution in [2.75, 3.05) is 20.2 Å². The summed E-state index contributed by atoms with van der Waals surface area (Å²) >= 11 is 0. The number of nitrogens with zero attached hydrogens (tertiary/aromatic N) is 2. The first-order valence-electron chi connectivity index (χ1n) is 6.27. The number of hydrogen-bond donors (Lipinski definition) is 2. The van der Waals surface area contributed by atoms with E-state index in [9.17, 15) is 4.79 Å². The van der Waals surface area contributed by atoms with E-state index in [2.05, 4.69) is 15.2 Å². The molecule has 18 heavy (non-hydrogen) atoms. The van der Waals surface area contributed by atoms with Crippen LogP contribution >= 0.6 is 0 Å². The van der Waals surface area contributed by atoms with E-state index in [0.717, 1.165) is 24.2 Å². The average Bonchev–Trinajstić information content (AvgIpc) is 2.81. The molecule has 0 unspecified atom stereocenters. The SMILES string of the molecule is CC.CNC(=O)c1cc2c(cn1)CN(CCO)C2. The summed E-state index contributed by atoms with van der Waals surface area (Å²) in [5, 5.41) is 11.4. The number of nitrogens with one attached hydrogen (secondary N) is 1. The summed E-state index contributed by atoms with van der Waals surface area (Å²) in [5.41, 5.74) is 2.72. The fourth-order valence-electron chi connectivity index (χ4n) is 1.90. The van der Waals surface area contributed by atoms with Crippen molar-refractivity contribution in [3.63, 3.8) is 0 Å². The number of aliphatic hydroxyl groups is 1. The molecule has 5 heteroatoms. The Hall–Kier alpha value is -1.46. The Kier molecular flexibility index (Phi) is 5.74. The van der Waals surface area contributed by atoms with Crippen molar-refractivity contribution in [2.45, 2.75) is 26.9 Å². The molecule has 5 nitrogen and oxygen atoms in total. The number of fused-ring (bicyclic) bond motifs is 1. The smallest absolute Gasteiger partial charge is 0.269 e. The van der Waals surface area contributed by atoms with E-state index in [4.69, 9.17) is 5.11 Å².